The Kier molecular flexibility index (Phi) is 7.54. The number of carbonyl (C=O) groups excluding carboxylic acids is 2. The maximum Gasteiger partial charge on any atom is 0.252 e. The van der Waals surface area contributed by atoms with Gasteiger partial charge in [0.15, 0.2) is 11.5 Å². The van der Waals surface area contributed by atoms with E-state index >= 15 is 0 Å². The van der Waals surface area contributed by atoms with Crippen molar-refractivity contribution >= 4 is 28.8 Å². The molecule has 3 aromatic rings. The fraction of sp³-hybridized carbons (Fsp3) is 0.348. The molecule has 0 aliphatic carbocycles. The molecule has 2 aromatic carbocycles. The van der Waals surface area contributed by atoms with Crippen molar-refractivity contribution in [3.05, 3.63) is 42.0 Å². The van der Waals surface area contributed by atoms with Gasteiger partial charge in [-0.05, 0) is 52.0 Å². The molecule has 170 valence electrons. The van der Waals surface area contributed by atoms with Crippen LogP contribution in [-0.2, 0) is 4.79 Å². The van der Waals surface area contributed by atoms with Crippen molar-refractivity contribution in [2.75, 3.05) is 25.1 Å². The van der Waals surface area contributed by atoms with Crippen LogP contribution in [-0.4, -0.2) is 47.6 Å². The minimum atomic E-state index is -0.812. The van der Waals surface area contributed by atoms with E-state index in [1.54, 1.807) is 19.1 Å². The smallest absolute Gasteiger partial charge is 0.252 e. The molecule has 0 saturated heterocycles. The number of rotatable bonds is 10. The first-order valence-electron chi connectivity index (χ1n) is 10.6. The second-order valence-electron chi connectivity index (χ2n) is 6.89. The molecule has 0 spiro atoms. The van der Waals surface area contributed by atoms with E-state index in [0.29, 0.717) is 48.6 Å². The third kappa shape index (κ3) is 5.29. The van der Waals surface area contributed by atoms with E-state index in [1.165, 1.54) is 0 Å². The molecule has 2 amide bonds. The van der Waals surface area contributed by atoms with Gasteiger partial charge in [-0.1, -0.05) is 12.1 Å². The van der Waals surface area contributed by atoms with Gasteiger partial charge in [-0.25, -0.2) is 4.98 Å². The average Bonchev–Trinajstić information content (AvgIpc) is 3.18. The summed E-state index contributed by atoms with van der Waals surface area (Å²) in [4.78, 5) is 32.8. The summed E-state index contributed by atoms with van der Waals surface area (Å²) in [5, 5.41) is 5.38. The summed E-state index contributed by atoms with van der Waals surface area (Å²) >= 11 is 0. The molecule has 9 heteroatoms. The van der Waals surface area contributed by atoms with Crippen molar-refractivity contribution in [2.45, 2.75) is 33.7 Å². The summed E-state index contributed by atoms with van der Waals surface area (Å²) in [7, 11) is 0. The summed E-state index contributed by atoms with van der Waals surface area (Å²) in [5.41, 5.74) is 1.84. The number of imidazole rings is 1. The second-order valence-corrected chi connectivity index (χ2v) is 6.89. The highest BCUT2D eigenvalue weighted by Gasteiger charge is 2.22. The maximum atomic E-state index is 12.9. The molecule has 3 rings (SSSR count). The number of aromatic amines is 1. The van der Waals surface area contributed by atoms with E-state index in [0.717, 1.165) is 11.0 Å². The zero-order chi connectivity index (χ0) is 23.1. The summed E-state index contributed by atoms with van der Waals surface area (Å²) in [5.74, 6) is 0.731. The van der Waals surface area contributed by atoms with E-state index in [2.05, 4.69) is 20.6 Å². The monoisotopic (exact) mass is 440 g/mol. The fourth-order valence-electron chi connectivity index (χ4n) is 3.10. The molecule has 0 aliphatic heterocycles. The molecule has 0 radical (unpaired) electrons. The largest absolute Gasteiger partial charge is 0.490 e. The summed E-state index contributed by atoms with van der Waals surface area (Å²) < 4.78 is 17.0. The first-order chi connectivity index (χ1) is 15.5. The number of fused-ring (bicyclic) bond motifs is 1. The zero-order valence-electron chi connectivity index (χ0n) is 18.7. The van der Waals surface area contributed by atoms with Crippen LogP contribution in [0.15, 0.2) is 36.4 Å². The Labute approximate surface area is 186 Å². The Morgan fingerprint density at radius 3 is 2.22 bits per heavy atom. The Balaban J connectivity index is 1.74. The minimum absolute atomic E-state index is 0.295. The molecule has 0 fully saturated rings. The van der Waals surface area contributed by atoms with Crippen LogP contribution in [0.4, 0.5) is 5.95 Å². The van der Waals surface area contributed by atoms with Gasteiger partial charge < -0.3 is 24.5 Å². The van der Waals surface area contributed by atoms with Crippen molar-refractivity contribution in [2.24, 2.45) is 0 Å². The van der Waals surface area contributed by atoms with Gasteiger partial charge >= 0.3 is 0 Å². The number of para-hydroxylation sites is 2. The van der Waals surface area contributed by atoms with E-state index in [9.17, 15) is 9.59 Å². The van der Waals surface area contributed by atoms with Crippen LogP contribution in [0.1, 0.15) is 38.1 Å². The molecule has 0 bridgehead atoms. The SMILES string of the molecule is CCOc1cc(C(=O)NC(C)C(=O)Nc2nc3ccccc3[nH]2)cc(OCC)c1OCC. The van der Waals surface area contributed by atoms with Gasteiger partial charge in [0.1, 0.15) is 6.04 Å². The number of amides is 2. The highest BCUT2D eigenvalue weighted by atomic mass is 16.5. The lowest BCUT2D eigenvalue weighted by atomic mass is 10.1. The van der Waals surface area contributed by atoms with Crippen LogP contribution in [0.5, 0.6) is 17.2 Å². The number of H-pyrrole nitrogens is 1. The van der Waals surface area contributed by atoms with Crippen molar-refractivity contribution in [1.82, 2.24) is 15.3 Å². The van der Waals surface area contributed by atoms with Gasteiger partial charge in [0.2, 0.25) is 17.6 Å². The number of benzene rings is 2. The second kappa shape index (κ2) is 10.5. The van der Waals surface area contributed by atoms with Crippen molar-refractivity contribution in [3.63, 3.8) is 0 Å². The van der Waals surface area contributed by atoms with E-state index in [4.69, 9.17) is 14.2 Å². The third-order valence-corrected chi connectivity index (χ3v) is 4.54. The number of hydrogen-bond donors (Lipinski definition) is 3. The van der Waals surface area contributed by atoms with Gasteiger partial charge in [-0.15, -0.1) is 0 Å². The highest BCUT2D eigenvalue weighted by Crippen LogP contribution is 2.39. The summed E-state index contributed by atoms with van der Waals surface area (Å²) in [6.45, 7) is 8.34. The lowest BCUT2D eigenvalue weighted by Crippen LogP contribution is -2.41. The number of hydrogen-bond acceptors (Lipinski definition) is 6. The Morgan fingerprint density at radius 2 is 1.62 bits per heavy atom. The Hall–Kier alpha value is -3.75. The normalized spacial score (nSPS) is 11.6. The van der Waals surface area contributed by atoms with Gasteiger partial charge in [0.05, 0.1) is 30.9 Å². The number of ether oxygens (including phenoxy) is 3. The quantitative estimate of drug-likeness (QED) is 0.444. The summed E-state index contributed by atoms with van der Waals surface area (Å²) in [6.07, 6.45) is 0. The topological polar surface area (TPSA) is 115 Å². The molecule has 32 heavy (non-hydrogen) atoms. The van der Waals surface area contributed by atoms with Crippen LogP contribution in [0.2, 0.25) is 0 Å². The molecule has 9 nitrogen and oxygen atoms in total. The van der Waals surface area contributed by atoms with Crippen LogP contribution in [0.3, 0.4) is 0 Å². The molecule has 1 heterocycles. The van der Waals surface area contributed by atoms with Gasteiger partial charge in [-0.3, -0.25) is 14.9 Å². The number of anilines is 1. The number of aromatic nitrogens is 2. The van der Waals surface area contributed by atoms with Crippen LogP contribution >= 0.6 is 0 Å². The molecule has 3 N–H and O–H groups in total. The van der Waals surface area contributed by atoms with Gasteiger partial charge in [0.25, 0.3) is 5.91 Å². The predicted octanol–water partition coefficient (Wildman–Crippen LogP) is 3.52. The number of nitrogens with one attached hydrogen (secondary N) is 3. The van der Waals surface area contributed by atoms with Crippen LogP contribution in [0.25, 0.3) is 11.0 Å². The zero-order valence-corrected chi connectivity index (χ0v) is 18.7. The van der Waals surface area contributed by atoms with Crippen LogP contribution in [0, 0.1) is 0 Å². The summed E-state index contributed by atoms with van der Waals surface area (Å²) in [6, 6.07) is 9.78. The molecule has 1 aromatic heterocycles. The average molecular weight is 441 g/mol. The third-order valence-electron chi connectivity index (χ3n) is 4.54. The van der Waals surface area contributed by atoms with Gasteiger partial charge in [0, 0.05) is 5.56 Å². The Morgan fingerprint density at radius 1 is 1.00 bits per heavy atom. The van der Waals surface area contributed by atoms with E-state index in [-0.39, 0.29) is 0 Å². The highest BCUT2D eigenvalue weighted by molar-refractivity contribution is 6.01. The lowest BCUT2D eigenvalue weighted by molar-refractivity contribution is -0.117. The fourth-order valence-corrected chi connectivity index (χ4v) is 3.10. The Bertz CT molecular complexity index is 1030. The standard InChI is InChI=1S/C23H28N4O5/c1-5-30-18-12-15(13-19(31-6-2)20(18)32-7-3)22(29)24-14(4)21(28)27-23-25-16-10-8-9-11-17(16)26-23/h8-14H,5-7H2,1-4H3,(H,24,29)(H2,25,26,27,28). The first kappa shape index (κ1) is 22.9. The number of carbonyl (C=O) groups is 2. The molecule has 1 atom stereocenters. The van der Waals surface area contributed by atoms with Crippen molar-refractivity contribution in [1.29, 1.82) is 0 Å². The first-order valence-corrected chi connectivity index (χ1v) is 10.6. The van der Waals surface area contributed by atoms with Crippen molar-refractivity contribution < 1.29 is 23.8 Å². The molecule has 1 unspecified atom stereocenters. The van der Waals surface area contributed by atoms with E-state index < -0.39 is 17.9 Å². The predicted molar refractivity (Wildman–Crippen MR) is 122 cm³/mol. The van der Waals surface area contributed by atoms with Gasteiger partial charge in [-0.2, -0.15) is 0 Å². The minimum Gasteiger partial charge on any atom is -0.490 e. The molecule has 0 saturated carbocycles. The molecular formula is C23H28N4O5. The molecule has 0 aliphatic rings. The van der Waals surface area contributed by atoms with Crippen molar-refractivity contribution in [3.8, 4) is 17.2 Å². The number of nitrogens with zero attached hydrogens (tertiary/aromatic N) is 1. The molecular weight excluding hydrogens is 412 g/mol. The van der Waals surface area contributed by atoms with E-state index in [1.807, 2.05) is 45.0 Å². The van der Waals surface area contributed by atoms with Crippen LogP contribution < -0.4 is 24.8 Å². The lowest BCUT2D eigenvalue weighted by Gasteiger charge is -2.18. The maximum absolute atomic E-state index is 12.9.